The fraction of sp³-hybridized carbons (Fsp3) is 0.588. The molecule has 1 aromatic rings. The molecule has 0 saturated carbocycles. The van der Waals surface area contributed by atoms with Gasteiger partial charge in [-0.1, -0.05) is 6.07 Å². The van der Waals surface area contributed by atoms with Gasteiger partial charge in [-0.15, -0.1) is 0 Å². The van der Waals surface area contributed by atoms with Crippen LogP contribution in [-0.4, -0.2) is 50.4 Å². The van der Waals surface area contributed by atoms with Crippen molar-refractivity contribution in [3.8, 4) is 11.5 Å². The Hall–Kier alpha value is -1.75. The molecule has 0 radical (unpaired) electrons. The van der Waals surface area contributed by atoms with E-state index in [0.29, 0.717) is 0 Å². The van der Waals surface area contributed by atoms with Gasteiger partial charge in [-0.2, -0.15) is 0 Å². The van der Waals surface area contributed by atoms with Crippen LogP contribution in [0.2, 0.25) is 0 Å². The van der Waals surface area contributed by atoms with Crippen LogP contribution in [0.15, 0.2) is 18.2 Å². The Bertz CT molecular complexity index is 486. The van der Waals surface area contributed by atoms with Crippen molar-refractivity contribution in [3.63, 3.8) is 0 Å². The molecule has 22 heavy (non-hydrogen) atoms. The molecule has 1 aromatic carbocycles. The van der Waals surface area contributed by atoms with Gasteiger partial charge in [0.1, 0.15) is 6.54 Å². The second kappa shape index (κ2) is 8.63. The fourth-order valence-electron chi connectivity index (χ4n) is 2.61. The Kier molecular flexibility index (Phi) is 7.18. The Labute approximate surface area is 133 Å². The van der Waals surface area contributed by atoms with Crippen LogP contribution in [-0.2, 0) is 11.3 Å². The van der Waals surface area contributed by atoms with E-state index >= 15 is 0 Å². The second-order valence-corrected chi connectivity index (χ2v) is 6.17. The molecule has 5 heteroatoms. The van der Waals surface area contributed by atoms with Gasteiger partial charge >= 0.3 is 5.97 Å². The molecule has 0 aliphatic carbocycles. The molecular formula is C17H28NO4+. The monoisotopic (exact) mass is 310 g/mol. The number of nitrogens with zero attached hydrogens (tertiary/aromatic N) is 1. The molecule has 0 bridgehead atoms. The molecular weight excluding hydrogens is 282 g/mol. The number of rotatable bonds is 10. The van der Waals surface area contributed by atoms with Crippen molar-refractivity contribution < 1.29 is 23.9 Å². The van der Waals surface area contributed by atoms with E-state index in [1.165, 1.54) is 0 Å². The Balaban J connectivity index is 2.58. The molecule has 1 N–H and O–H groups in total. The highest BCUT2D eigenvalue weighted by molar-refractivity contribution is 5.66. The van der Waals surface area contributed by atoms with Gasteiger partial charge in [-0.05, 0) is 31.4 Å². The first kappa shape index (κ1) is 18.3. The van der Waals surface area contributed by atoms with Gasteiger partial charge in [0.05, 0.1) is 40.4 Å². The molecule has 0 unspecified atom stereocenters. The lowest BCUT2D eigenvalue weighted by atomic mass is 10.1. The average molecular weight is 310 g/mol. The summed E-state index contributed by atoms with van der Waals surface area (Å²) in [6, 6.07) is 5.93. The third-order valence-electron chi connectivity index (χ3n) is 3.74. The van der Waals surface area contributed by atoms with Crippen molar-refractivity contribution in [2.45, 2.75) is 32.2 Å². The van der Waals surface area contributed by atoms with Gasteiger partial charge in [-0.25, -0.2) is 0 Å². The lowest BCUT2D eigenvalue weighted by Crippen LogP contribution is -2.39. The normalized spacial score (nSPS) is 11.3. The molecule has 0 aliphatic rings. The highest BCUT2D eigenvalue weighted by Gasteiger charge is 2.20. The van der Waals surface area contributed by atoms with E-state index in [0.717, 1.165) is 53.9 Å². The summed E-state index contributed by atoms with van der Waals surface area (Å²) in [5.41, 5.74) is 1.12. The van der Waals surface area contributed by atoms with Crippen LogP contribution in [0.3, 0.4) is 0 Å². The van der Waals surface area contributed by atoms with Crippen LogP contribution >= 0.6 is 0 Å². The quantitative estimate of drug-likeness (QED) is 0.533. The number of hydrogen-bond acceptors (Lipinski definition) is 3. The smallest absolute Gasteiger partial charge is 0.303 e. The number of carbonyl (C=O) groups is 1. The van der Waals surface area contributed by atoms with Crippen LogP contribution < -0.4 is 9.47 Å². The summed E-state index contributed by atoms with van der Waals surface area (Å²) in [6.45, 7) is 1.85. The zero-order valence-electron chi connectivity index (χ0n) is 14.1. The van der Waals surface area contributed by atoms with Crippen molar-refractivity contribution in [2.24, 2.45) is 0 Å². The summed E-state index contributed by atoms with van der Waals surface area (Å²) >= 11 is 0. The summed E-state index contributed by atoms with van der Waals surface area (Å²) in [6.07, 6.45) is 2.98. The molecule has 0 spiro atoms. The maximum Gasteiger partial charge on any atom is 0.303 e. The Morgan fingerprint density at radius 1 is 1.14 bits per heavy atom. The lowest BCUT2D eigenvalue weighted by Gasteiger charge is -2.30. The number of benzene rings is 1. The van der Waals surface area contributed by atoms with Crippen LogP contribution in [0.4, 0.5) is 0 Å². The summed E-state index contributed by atoms with van der Waals surface area (Å²) in [7, 11) is 7.66. The van der Waals surface area contributed by atoms with Gasteiger partial charge in [0.2, 0.25) is 0 Å². The molecule has 0 aromatic heterocycles. The standard InChI is InChI=1S/C17H27NO4/c1-18(2,12-7-5-6-11-16(19)20)13-14-9-8-10-15(21-3)17(14)22-4/h8-10H,5-7,11-13H2,1-4H3/p+1. The van der Waals surface area contributed by atoms with Gasteiger partial charge in [0, 0.05) is 6.42 Å². The predicted molar refractivity (Wildman–Crippen MR) is 86.3 cm³/mol. The van der Waals surface area contributed by atoms with E-state index in [2.05, 4.69) is 20.2 Å². The average Bonchev–Trinajstić information content (AvgIpc) is 2.45. The number of unbranched alkanes of at least 4 members (excludes halogenated alkanes) is 2. The van der Waals surface area contributed by atoms with E-state index in [9.17, 15) is 4.79 Å². The maximum atomic E-state index is 10.5. The molecule has 5 nitrogen and oxygen atoms in total. The van der Waals surface area contributed by atoms with Crippen molar-refractivity contribution in [3.05, 3.63) is 23.8 Å². The van der Waals surface area contributed by atoms with Crippen molar-refractivity contribution in [1.29, 1.82) is 0 Å². The number of hydrogen-bond donors (Lipinski definition) is 1. The molecule has 0 heterocycles. The maximum absolute atomic E-state index is 10.5. The molecule has 124 valence electrons. The minimum absolute atomic E-state index is 0.261. The van der Waals surface area contributed by atoms with E-state index in [1.54, 1.807) is 14.2 Å². The van der Waals surface area contributed by atoms with E-state index in [-0.39, 0.29) is 6.42 Å². The third-order valence-corrected chi connectivity index (χ3v) is 3.74. The van der Waals surface area contributed by atoms with Crippen LogP contribution in [0.1, 0.15) is 31.2 Å². The van der Waals surface area contributed by atoms with E-state index in [1.807, 2.05) is 12.1 Å². The van der Waals surface area contributed by atoms with Crippen LogP contribution in [0.25, 0.3) is 0 Å². The summed E-state index contributed by atoms with van der Waals surface area (Å²) in [5, 5.41) is 8.64. The number of methoxy groups -OCH3 is 2. The van der Waals surface area contributed by atoms with Crippen molar-refractivity contribution in [1.82, 2.24) is 0 Å². The number of quaternary nitrogens is 1. The molecule has 0 aliphatic heterocycles. The van der Waals surface area contributed by atoms with Crippen LogP contribution in [0.5, 0.6) is 11.5 Å². The first-order chi connectivity index (χ1) is 10.4. The van der Waals surface area contributed by atoms with Gasteiger partial charge in [0.25, 0.3) is 0 Å². The molecule has 1 rings (SSSR count). The predicted octanol–water partition coefficient (Wildman–Crippen LogP) is 2.93. The third kappa shape index (κ3) is 5.93. The van der Waals surface area contributed by atoms with Crippen molar-refractivity contribution in [2.75, 3.05) is 34.9 Å². The van der Waals surface area contributed by atoms with Crippen molar-refractivity contribution >= 4 is 5.97 Å². The van der Waals surface area contributed by atoms with Gasteiger partial charge < -0.3 is 19.1 Å². The second-order valence-electron chi connectivity index (χ2n) is 6.17. The largest absolute Gasteiger partial charge is 0.493 e. The molecule has 0 amide bonds. The summed E-state index contributed by atoms with van der Waals surface area (Å²) in [5.74, 6) is 0.832. The fourth-order valence-corrected chi connectivity index (χ4v) is 2.61. The number of para-hydroxylation sites is 1. The topological polar surface area (TPSA) is 55.8 Å². The number of carboxylic acid groups (broad SMARTS) is 1. The number of ether oxygens (including phenoxy) is 2. The molecule has 0 atom stereocenters. The lowest BCUT2D eigenvalue weighted by molar-refractivity contribution is -0.903. The highest BCUT2D eigenvalue weighted by Crippen LogP contribution is 2.32. The summed E-state index contributed by atoms with van der Waals surface area (Å²) < 4.78 is 11.7. The Morgan fingerprint density at radius 2 is 1.86 bits per heavy atom. The Morgan fingerprint density at radius 3 is 2.45 bits per heavy atom. The number of carboxylic acids is 1. The zero-order chi connectivity index (χ0) is 16.6. The first-order valence-corrected chi connectivity index (χ1v) is 7.63. The van der Waals surface area contributed by atoms with Crippen LogP contribution in [0, 0.1) is 0 Å². The SMILES string of the molecule is COc1cccc(C[N+](C)(C)CCCCCC(=O)O)c1OC. The first-order valence-electron chi connectivity index (χ1n) is 7.63. The van der Waals surface area contributed by atoms with Gasteiger partial charge in [0.15, 0.2) is 11.5 Å². The minimum Gasteiger partial charge on any atom is -0.493 e. The van der Waals surface area contributed by atoms with E-state index in [4.69, 9.17) is 14.6 Å². The zero-order valence-corrected chi connectivity index (χ0v) is 14.1. The minimum atomic E-state index is -0.713. The van der Waals surface area contributed by atoms with Gasteiger partial charge in [-0.3, -0.25) is 4.79 Å². The number of aliphatic carboxylic acids is 1. The highest BCUT2D eigenvalue weighted by atomic mass is 16.5. The molecule has 0 saturated heterocycles. The summed E-state index contributed by atoms with van der Waals surface area (Å²) in [4.78, 5) is 10.5. The van der Waals surface area contributed by atoms with E-state index < -0.39 is 5.97 Å². The molecule has 0 fully saturated rings.